The van der Waals surface area contributed by atoms with E-state index in [0.717, 1.165) is 36.7 Å². The van der Waals surface area contributed by atoms with E-state index in [1.165, 1.54) is 0 Å². The van der Waals surface area contributed by atoms with Crippen LogP contribution in [0.4, 0.5) is 18.9 Å². The van der Waals surface area contributed by atoms with Gasteiger partial charge in [-0.3, -0.25) is 4.79 Å². The molecular formula is C13H15F3N4OS. The first-order chi connectivity index (χ1) is 10.5. The Morgan fingerprint density at radius 1 is 1.27 bits per heavy atom. The standard InChI is InChI=1S/C13H15F3N4OS/c14-8-1-2-9(12(16)11(8)15)19-10(21)7-18-13(17)20-3-5-22-6-4-20/h1-2H,3-7H2,(H2,17,18)(H,19,21). The van der Waals surface area contributed by atoms with Crippen LogP contribution < -0.4 is 11.1 Å². The predicted molar refractivity (Wildman–Crippen MR) is 80.3 cm³/mol. The number of carbonyl (C=O) groups excluding carboxylic acids is 1. The van der Waals surface area contributed by atoms with Gasteiger partial charge in [0.15, 0.2) is 23.4 Å². The van der Waals surface area contributed by atoms with E-state index in [2.05, 4.69) is 10.3 Å². The summed E-state index contributed by atoms with van der Waals surface area (Å²) in [6.07, 6.45) is 0. The molecule has 9 heteroatoms. The SMILES string of the molecule is NC(=NCC(=O)Nc1ccc(F)c(F)c1F)N1CCSCC1. The Balaban J connectivity index is 1.94. The van der Waals surface area contributed by atoms with Crippen molar-refractivity contribution in [2.24, 2.45) is 10.7 Å². The van der Waals surface area contributed by atoms with Crippen molar-refractivity contribution in [3.8, 4) is 0 Å². The molecule has 22 heavy (non-hydrogen) atoms. The zero-order chi connectivity index (χ0) is 16.1. The molecule has 3 N–H and O–H groups in total. The van der Waals surface area contributed by atoms with Crippen LogP contribution in [0.1, 0.15) is 0 Å². The maximum atomic E-state index is 13.4. The maximum absolute atomic E-state index is 13.4. The molecule has 1 aliphatic rings. The molecule has 1 heterocycles. The van der Waals surface area contributed by atoms with Crippen LogP contribution in [0.3, 0.4) is 0 Å². The number of thioether (sulfide) groups is 1. The summed E-state index contributed by atoms with van der Waals surface area (Å²) in [5.41, 5.74) is 5.33. The van der Waals surface area contributed by atoms with Crippen LogP contribution >= 0.6 is 11.8 Å². The number of rotatable bonds is 3. The highest BCUT2D eigenvalue weighted by Gasteiger charge is 2.16. The molecular weight excluding hydrogens is 317 g/mol. The van der Waals surface area contributed by atoms with Crippen molar-refractivity contribution >= 4 is 29.3 Å². The molecule has 1 amide bonds. The zero-order valence-corrected chi connectivity index (χ0v) is 12.4. The summed E-state index contributed by atoms with van der Waals surface area (Å²) in [7, 11) is 0. The highest BCUT2D eigenvalue weighted by molar-refractivity contribution is 7.99. The topological polar surface area (TPSA) is 70.7 Å². The lowest BCUT2D eigenvalue weighted by Gasteiger charge is -2.27. The second kappa shape index (κ2) is 7.39. The van der Waals surface area contributed by atoms with E-state index in [0.29, 0.717) is 0 Å². The molecule has 0 aliphatic carbocycles. The van der Waals surface area contributed by atoms with Gasteiger partial charge in [0.05, 0.1) is 5.69 Å². The molecule has 1 saturated heterocycles. The number of aliphatic imine (C=N–C) groups is 1. The van der Waals surface area contributed by atoms with Crippen LogP contribution in [-0.4, -0.2) is 47.9 Å². The Morgan fingerprint density at radius 2 is 1.95 bits per heavy atom. The Morgan fingerprint density at radius 3 is 2.64 bits per heavy atom. The van der Waals surface area contributed by atoms with Gasteiger partial charge in [0.25, 0.3) is 0 Å². The van der Waals surface area contributed by atoms with Crippen molar-refractivity contribution < 1.29 is 18.0 Å². The number of anilines is 1. The molecule has 0 radical (unpaired) electrons. The Labute approximate surface area is 129 Å². The normalized spacial score (nSPS) is 15.8. The van der Waals surface area contributed by atoms with Crippen molar-refractivity contribution in [2.75, 3.05) is 36.5 Å². The average molecular weight is 332 g/mol. The molecule has 0 spiro atoms. The lowest BCUT2D eigenvalue weighted by molar-refractivity contribution is -0.114. The summed E-state index contributed by atoms with van der Waals surface area (Å²) in [5.74, 6) is -2.96. The van der Waals surface area contributed by atoms with E-state index in [4.69, 9.17) is 5.73 Å². The van der Waals surface area contributed by atoms with Crippen LogP contribution in [0.25, 0.3) is 0 Å². The Bertz CT molecular complexity index is 591. The van der Waals surface area contributed by atoms with Gasteiger partial charge in [0.2, 0.25) is 5.91 Å². The van der Waals surface area contributed by atoms with Crippen LogP contribution in [-0.2, 0) is 4.79 Å². The maximum Gasteiger partial charge on any atom is 0.246 e. The average Bonchev–Trinajstić information content (AvgIpc) is 2.54. The fourth-order valence-corrected chi connectivity index (χ4v) is 2.76. The third-order valence-corrected chi connectivity index (χ3v) is 3.97. The van der Waals surface area contributed by atoms with Gasteiger partial charge < -0.3 is 16.0 Å². The monoisotopic (exact) mass is 332 g/mol. The van der Waals surface area contributed by atoms with Crippen LogP contribution in [0.15, 0.2) is 17.1 Å². The van der Waals surface area contributed by atoms with Crippen molar-refractivity contribution in [1.29, 1.82) is 0 Å². The fourth-order valence-electron chi connectivity index (χ4n) is 1.86. The molecule has 0 unspecified atom stereocenters. The molecule has 1 aliphatic heterocycles. The van der Waals surface area contributed by atoms with E-state index < -0.39 is 29.0 Å². The number of benzene rings is 1. The van der Waals surface area contributed by atoms with Gasteiger partial charge in [-0.1, -0.05) is 0 Å². The van der Waals surface area contributed by atoms with Crippen LogP contribution in [0, 0.1) is 17.5 Å². The number of guanidine groups is 1. The minimum Gasteiger partial charge on any atom is -0.370 e. The molecule has 5 nitrogen and oxygen atoms in total. The zero-order valence-electron chi connectivity index (χ0n) is 11.6. The van der Waals surface area contributed by atoms with Gasteiger partial charge in [-0.2, -0.15) is 11.8 Å². The highest BCUT2D eigenvalue weighted by Crippen LogP contribution is 2.19. The summed E-state index contributed by atoms with van der Waals surface area (Å²) in [6, 6.07) is 1.68. The number of nitrogens with two attached hydrogens (primary N) is 1. The van der Waals surface area contributed by atoms with Crippen LogP contribution in [0.5, 0.6) is 0 Å². The quantitative estimate of drug-likeness (QED) is 0.499. The fraction of sp³-hybridized carbons (Fsp3) is 0.385. The van der Waals surface area contributed by atoms with E-state index in [1.54, 1.807) is 11.8 Å². The summed E-state index contributed by atoms with van der Waals surface area (Å²) in [5, 5.41) is 2.13. The lowest BCUT2D eigenvalue weighted by atomic mass is 10.3. The number of halogens is 3. The van der Waals surface area contributed by atoms with Gasteiger partial charge in [0, 0.05) is 24.6 Å². The van der Waals surface area contributed by atoms with E-state index >= 15 is 0 Å². The molecule has 1 fully saturated rings. The van der Waals surface area contributed by atoms with Gasteiger partial charge in [-0.15, -0.1) is 0 Å². The second-order valence-corrected chi connectivity index (χ2v) is 5.77. The first-order valence-electron chi connectivity index (χ1n) is 6.55. The lowest BCUT2D eigenvalue weighted by Crippen LogP contribution is -2.43. The summed E-state index contributed by atoms with van der Waals surface area (Å²) < 4.78 is 39.2. The number of hydrogen-bond acceptors (Lipinski definition) is 3. The largest absolute Gasteiger partial charge is 0.370 e. The first kappa shape index (κ1) is 16.5. The first-order valence-corrected chi connectivity index (χ1v) is 7.70. The number of carbonyl (C=O) groups is 1. The summed E-state index contributed by atoms with van der Waals surface area (Å²) in [4.78, 5) is 17.4. The number of amides is 1. The van der Waals surface area contributed by atoms with Crippen LogP contribution in [0.2, 0.25) is 0 Å². The minimum atomic E-state index is -1.63. The number of nitrogens with zero attached hydrogens (tertiary/aromatic N) is 2. The van der Waals surface area contributed by atoms with E-state index in [1.807, 2.05) is 4.90 Å². The predicted octanol–water partition coefficient (Wildman–Crippen LogP) is 1.41. The van der Waals surface area contributed by atoms with Gasteiger partial charge in [0.1, 0.15) is 6.54 Å². The van der Waals surface area contributed by atoms with Crippen molar-refractivity contribution in [2.45, 2.75) is 0 Å². The third-order valence-electron chi connectivity index (χ3n) is 3.03. The molecule has 1 aromatic carbocycles. The smallest absolute Gasteiger partial charge is 0.246 e. The molecule has 0 aromatic heterocycles. The molecule has 120 valence electrons. The third kappa shape index (κ3) is 4.06. The van der Waals surface area contributed by atoms with Crippen molar-refractivity contribution in [3.05, 3.63) is 29.6 Å². The second-order valence-electron chi connectivity index (χ2n) is 4.54. The van der Waals surface area contributed by atoms with E-state index in [-0.39, 0.29) is 12.5 Å². The van der Waals surface area contributed by atoms with Crippen molar-refractivity contribution in [3.63, 3.8) is 0 Å². The van der Waals surface area contributed by atoms with Gasteiger partial charge >= 0.3 is 0 Å². The molecule has 1 aromatic rings. The minimum absolute atomic E-state index is 0.237. The molecule has 2 rings (SSSR count). The highest BCUT2D eigenvalue weighted by atomic mass is 32.2. The number of hydrogen-bond donors (Lipinski definition) is 2. The summed E-state index contributed by atoms with van der Waals surface area (Å²) >= 11 is 1.81. The summed E-state index contributed by atoms with van der Waals surface area (Å²) in [6.45, 7) is 1.17. The Kier molecular flexibility index (Phi) is 5.53. The Hall–Kier alpha value is -1.90. The van der Waals surface area contributed by atoms with Gasteiger partial charge in [-0.05, 0) is 12.1 Å². The van der Waals surface area contributed by atoms with Gasteiger partial charge in [-0.25, -0.2) is 18.2 Å². The van der Waals surface area contributed by atoms with Crippen molar-refractivity contribution in [1.82, 2.24) is 4.90 Å². The molecule has 0 atom stereocenters. The molecule has 0 saturated carbocycles. The molecule has 0 bridgehead atoms. The number of nitrogens with one attached hydrogen (secondary N) is 1. The van der Waals surface area contributed by atoms with E-state index in [9.17, 15) is 18.0 Å².